The maximum absolute atomic E-state index is 12.0. The number of sulfonamides is 1. The summed E-state index contributed by atoms with van der Waals surface area (Å²) in [5.74, 6) is 0.733. The third-order valence-corrected chi connectivity index (χ3v) is 4.24. The van der Waals surface area contributed by atoms with Crippen LogP contribution in [0.1, 0.15) is 17.8 Å². The van der Waals surface area contributed by atoms with Crippen LogP contribution in [0.25, 0.3) is 0 Å². The molecule has 0 saturated heterocycles. The molecule has 1 aromatic carbocycles. The van der Waals surface area contributed by atoms with Crippen LogP contribution in [0.5, 0.6) is 0 Å². The van der Waals surface area contributed by atoms with Gasteiger partial charge in [-0.25, -0.2) is 18.1 Å². The van der Waals surface area contributed by atoms with E-state index in [1.54, 1.807) is 12.1 Å². The SMILES string of the molecule is O=S(=O)(NCCCc1ncn[nH]1)c1ccc(CO)cc1. The van der Waals surface area contributed by atoms with Crippen LogP contribution >= 0.6 is 0 Å². The largest absolute Gasteiger partial charge is 0.392 e. The number of nitrogens with one attached hydrogen (secondary N) is 2. The third kappa shape index (κ3) is 3.86. The zero-order chi connectivity index (χ0) is 14.4. The van der Waals surface area contributed by atoms with Gasteiger partial charge in [-0.05, 0) is 24.1 Å². The Labute approximate surface area is 117 Å². The number of H-pyrrole nitrogens is 1. The second kappa shape index (κ2) is 6.60. The lowest BCUT2D eigenvalue weighted by Gasteiger charge is -2.06. The molecule has 0 aliphatic heterocycles. The summed E-state index contributed by atoms with van der Waals surface area (Å²) in [5.41, 5.74) is 0.675. The number of aliphatic hydroxyl groups excluding tert-OH is 1. The van der Waals surface area contributed by atoms with Crippen molar-refractivity contribution in [2.24, 2.45) is 0 Å². The Morgan fingerprint density at radius 1 is 1.25 bits per heavy atom. The lowest BCUT2D eigenvalue weighted by molar-refractivity contribution is 0.282. The van der Waals surface area contributed by atoms with Gasteiger partial charge in [-0.3, -0.25) is 5.10 Å². The first-order chi connectivity index (χ1) is 9.62. The van der Waals surface area contributed by atoms with E-state index < -0.39 is 10.0 Å². The maximum atomic E-state index is 12.0. The minimum atomic E-state index is -3.50. The third-order valence-electron chi connectivity index (χ3n) is 2.76. The number of nitrogens with zero attached hydrogens (tertiary/aromatic N) is 2. The number of rotatable bonds is 7. The average molecular weight is 296 g/mol. The lowest BCUT2D eigenvalue weighted by atomic mass is 10.2. The number of hydrogen-bond acceptors (Lipinski definition) is 5. The highest BCUT2D eigenvalue weighted by atomic mass is 32.2. The summed E-state index contributed by atoms with van der Waals surface area (Å²) in [6.45, 7) is 0.218. The van der Waals surface area contributed by atoms with Gasteiger partial charge in [-0.2, -0.15) is 5.10 Å². The van der Waals surface area contributed by atoms with Crippen LogP contribution in [0.2, 0.25) is 0 Å². The lowest BCUT2D eigenvalue weighted by Crippen LogP contribution is -2.25. The Kier molecular flexibility index (Phi) is 4.83. The van der Waals surface area contributed by atoms with E-state index in [0.29, 0.717) is 24.9 Å². The van der Waals surface area contributed by atoms with Crippen LogP contribution in [0.4, 0.5) is 0 Å². The van der Waals surface area contributed by atoms with E-state index in [0.717, 1.165) is 5.82 Å². The molecular formula is C12H16N4O3S. The van der Waals surface area contributed by atoms with Gasteiger partial charge in [0.25, 0.3) is 0 Å². The van der Waals surface area contributed by atoms with Gasteiger partial charge in [-0.15, -0.1) is 0 Å². The summed E-state index contributed by atoms with van der Waals surface area (Å²) in [5, 5.41) is 15.4. The van der Waals surface area contributed by atoms with Gasteiger partial charge in [0, 0.05) is 13.0 Å². The molecule has 108 valence electrons. The van der Waals surface area contributed by atoms with Crippen LogP contribution in [-0.2, 0) is 23.1 Å². The fraction of sp³-hybridized carbons (Fsp3) is 0.333. The van der Waals surface area contributed by atoms with Gasteiger partial charge < -0.3 is 5.11 Å². The molecule has 0 radical (unpaired) electrons. The van der Waals surface area contributed by atoms with Crippen molar-refractivity contribution in [3.8, 4) is 0 Å². The fourth-order valence-electron chi connectivity index (χ4n) is 1.67. The highest BCUT2D eigenvalue weighted by Crippen LogP contribution is 2.10. The van der Waals surface area contributed by atoms with Crippen molar-refractivity contribution in [1.29, 1.82) is 0 Å². The van der Waals surface area contributed by atoms with Crippen LogP contribution in [0, 0.1) is 0 Å². The quantitative estimate of drug-likeness (QED) is 0.633. The molecule has 2 aromatic rings. The van der Waals surface area contributed by atoms with E-state index in [-0.39, 0.29) is 11.5 Å². The van der Waals surface area contributed by atoms with Gasteiger partial charge in [0.2, 0.25) is 10.0 Å². The Balaban J connectivity index is 1.86. The van der Waals surface area contributed by atoms with Crippen molar-refractivity contribution >= 4 is 10.0 Å². The number of aromatic amines is 1. The molecule has 7 nitrogen and oxygen atoms in total. The van der Waals surface area contributed by atoms with E-state index in [9.17, 15) is 8.42 Å². The molecule has 8 heteroatoms. The van der Waals surface area contributed by atoms with Crippen molar-refractivity contribution in [2.45, 2.75) is 24.3 Å². The molecule has 20 heavy (non-hydrogen) atoms. The Bertz CT molecular complexity index is 623. The van der Waals surface area contributed by atoms with Crippen molar-refractivity contribution in [3.05, 3.63) is 42.0 Å². The summed E-state index contributed by atoms with van der Waals surface area (Å²) >= 11 is 0. The van der Waals surface area contributed by atoms with Crippen molar-refractivity contribution in [1.82, 2.24) is 19.9 Å². The van der Waals surface area contributed by atoms with E-state index in [1.165, 1.54) is 18.5 Å². The van der Waals surface area contributed by atoms with Gasteiger partial charge in [0.1, 0.15) is 12.2 Å². The van der Waals surface area contributed by atoms with Crippen LogP contribution in [0.15, 0.2) is 35.5 Å². The monoisotopic (exact) mass is 296 g/mol. The van der Waals surface area contributed by atoms with Crippen molar-refractivity contribution < 1.29 is 13.5 Å². The zero-order valence-electron chi connectivity index (χ0n) is 10.8. The summed E-state index contributed by atoms with van der Waals surface area (Å²) in [7, 11) is -3.50. The highest BCUT2D eigenvalue weighted by Gasteiger charge is 2.12. The predicted octanol–water partition coefficient (Wildman–Crippen LogP) is 0.208. The second-order valence-electron chi connectivity index (χ2n) is 4.24. The molecule has 2 rings (SSSR count). The van der Waals surface area contributed by atoms with Gasteiger partial charge in [-0.1, -0.05) is 12.1 Å². The van der Waals surface area contributed by atoms with Gasteiger partial charge in [0.15, 0.2) is 0 Å². The molecule has 0 amide bonds. The number of aromatic nitrogens is 3. The molecule has 0 aliphatic carbocycles. The molecule has 0 spiro atoms. The molecule has 0 fully saturated rings. The normalized spacial score (nSPS) is 11.7. The van der Waals surface area contributed by atoms with E-state index in [1.807, 2.05) is 0 Å². The topological polar surface area (TPSA) is 108 Å². The number of aliphatic hydroxyl groups is 1. The first-order valence-electron chi connectivity index (χ1n) is 6.15. The number of benzene rings is 1. The minimum absolute atomic E-state index is 0.106. The zero-order valence-corrected chi connectivity index (χ0v) is 11.6. The molecular weight excluding hydrogens is 280 g/mol. The molecule has 0 unspecified atom stereocenters. The van der Waals surface area contributed by atoms with Gasteiger partial charge in [0.05, 0.1) is 11.5 Å². The van der Waals surface area contributed by atoms with Crippen LogP contribution in [-0.4, -0.2) is 35.3 Å². The summed E-state index contributed by atoms with van der Waals surface area (Å²) in [6, 6.07) is 6.13. The van der Waals surface area contributed by atoms with E-state index in [4.69, 9.17) is 5.11 Å². The van der Waals surface area contributed by atoms with Crippen LogP contribution in [0.3, 0.4) is 0 Å². The summed E-state index contributed by atoms with van der Waals surface area (Å²) < 4.78 is 26.5. The number of hydrogen-bond donors (Lipinski definition) is 3. The predicted molar refractivity (Wildman–Crippen MR) is 72.3 cm³/mol. The second-order valence-corrected chi connectivity index (χ2v) is 6.00. The van der Waals surface area contributed by atoms with Crippen molar-refractivity contribution in [3.63, 3.8) is 0 Å². The summed E-state index contributed by atoms with van der Waals surface area (Å²) in [4.78, 5) is 4.15. The Morgan fingerprint density at radius 3 is 2.60 bits per heavy atom. The fourth-order valence-corrected chi connectivity index (χ4v) is 2.75. The van der Waals surface area contributed by atoms with E-state index in [2.05, 4.69) is 19.9 Å². The Hall–Kier alpha value is -1.77. The van der Waals surface area contributed by atoms with E-state index >= 15 is 0 Å². The average Bonchev–Trinajstić information content (AvgIpc) is 2.97. The number of aryl methyl sites for hydroxylation is 1. The molecule has 0 aliphatic rings. The standard InChI is InChI=1S/C12H16N4O3S/c17-8-10-3-5-11(6-4-10)20(18,19)15-7-1-2-12-13-9-14-16-12/h3-6,9,15,17H,1-2,7-8H2,(H,13,14,16). The summed E-state index contributed by atoms with van der Waals surface area (Å²) in [6.07, 6.45) is 2.68. The first kappa shape index (κ1) is 14.6. The molecule has 1 heterocycles. The van der Waals surface area contributed by atoms with Crippen LogP contribution < -0.4 is 4.72 Å². The smallest absolute Gasteiger partial charge is 0.240 e. The molecule has 0 saturated carbocycles. The van der Waals surface area contributed by atoms with Gasteiger partial charge >= 0.3 is 0 Å². The maximum Gasteiger partial charge on any atom is 0.240 e. The first-order valence-corrected chi connectivity index (χ1v) is 7.64. The minimum Gasteiger partial charge on any atom is -0.392 e. The highest BCUT2D eigenvalue weighted by molar-refractivity contribution is 7.89. The van der Waals surface area contributed by atoms with Crippen molar-refractivity contribution in [2.75, 3.05) is 6.54 Å². The molecule has 0 atom stereocenters. The molecule has 3 N–H and O–H groups in total. The molecule has 0 bridgehead atoms. The molecule has 1 aromatic heterocycles. The Morgan fingerprint density at radius 2 is 2.00 bits per heavy atom.